The van der Waals surface area contributed by atoms with Crippen molar-refractivity contribution in [3.05, 3.63) is 33.7 Å². The van der Waals surface area contributed by atoms with Crippen molar-refractivity contribution < 1.29 is 18.0 Å². The van der Waals surface area contributed by atoms with E-state index in [2.05, 4.69) is 11.8 Å². The van der Waals surface area contributed by atoms with E-state index in [0.717, 1.165) is 0 Å². The highest BCUT2D eigenvalue weighted by molar-refractivity contribution is 5.54. The van der Waals surface area contributed by atoms with Gasteiger partial charge in [-0.3, -0.25) is 4.79 Å². The number of aromatic amines is 1. The Morgan fingerprint density at radius 1 is 1.44 bits per heavy atom. The van der Waals surface area contributed by atoms with Gasteiger partial charge in [-0.25, -0.2) is 0 Å². The smallest absolute Gasteiger partial charge is 0.327 e. The fourth-order valence-electron chi connectivity index (χ4n) is 0.928. The van der Waals surface area contributed by atoms with Crippen molar-refractivity contribution in [1.82, 2.24) is 4.98 Å². The van der Waals surface area contributed by atoms with Gasteiger partial charge >= 0.3 is 6.18 Å². The average molecular weight is 229 g/mol. The van der Waals surface area contributed by atoms with Gasteiger partial charge in [0.15, 0.2) is 0 Å². The van der Waals surface area contributed by atoms with Crippen molar-refractivity contribution >= 4 is 6.29 Å². The molecule has 0 spiro atoms. The second-order valence-electron chi connectivity index (χ2n) is 2.80. The number of nitrogens with one attached hydrogen (secondary N) is 1. The van der Waals surface area contributed by atoms with Crippen LogP contribution in [-0.4, -0.2) is 11.3 Å². The van der Waals surface area contributed by atoms with E-state index in [1.54, 1.807) is 0 Å². The first kappa shape index (κ1) is 12.0. The van der Waals surface area contributed by atoms with Crippen molar-refractivity contribution in [3.63, 3.8) is 0 Å². The van der Waals surface area contributed by atoms with Crippen molar-refractivity contribution in [1.29, 1.82) is 0 Å². The third-order valence-electron chi connectivity index (χ3n) is 1.64. The lowest BCUT2D eigenvalue weighted by Crippen LogP contribution is -2.14. The van der Waals surface area contributed by atoms with E-state index in [4.69, 9.17) is 0 Å². The highest BCUT2D eigenvalue weighted by Gasteiger charge is 2.31. The molecule has 6 heteroatoms. The van der Waals surface area contributed by atoms with Gasteiger partial charge in [0.2, 0.25) is 0 Å². The molecular formula is C10H6F3NO2. The number of aromatic nitrogens is 1. The number of hydrogen-bond acceptors (Lipinski definition) is 2. The van der Waals surface area contributed by atoms with Crippen LogP contribution in [-0.2, 0) is 11.0 Å². The summed E-state index contributed by atoms with van der Waals surface area (Å²) in [6.45, 7) is 0. The zero-order valence-electron chi connectivity index (χ0n) is 7.89. The molecule has 16 heavy (non-hydrogen) atoms. The SMILES string of the molecule is O=CCC#Cc1cc(C(F)(F)F)c[nH]c1=O. The van der Waals surface area contributed by atoms with E-state index in [1.807, 2.05) is 4.98 Å². The molecular weight excluding hydrogens is 223 g/mol. The number of halogens is 3. The summed E-state index contributed by atoms with van der Waals surface area (Å²) in [5, 5.41) is 0. The molecule has 1 aromatic heterocycles. The number of hydrogen-bond donors (Lipinski definition) is 1. The van der Waals surface area contributed by atoms with E-state index >= 15 is 0 Å². The zero-order chi connectivity index (χ0) is 12.2. The number of alkyl halides is 3. The fraction of sp³-hybridized carbons (Fsp3) is 0.200. The molecule has 1 N–H and O–H groups in total. The molecule has 0 aromatic carbocycles. The van der Waals surface area contributed by atoms with E-state index in [1.165, 1.54) is 0 Å². The molecule has 1 heterocycles. The number of pyridine rings is 1. The summed E-state index contributed by atoms with van der Waals surface area (Å²) >= 11 is 0. The van der Waals surface area contributed by atoms with Gasteiger partial charge in [0.05, 0.1) is 17.5 Å². The molecule has 0 aliphatic carbocycles. The molecule has 0 fully saturated rings. The van der Waals surface area contributed by atoms with Crippen LogP contribution >= 0.6 is 0 Å². The fourth-order valence-corrected chi connectivity index (χ4v) is 0.928. The standard InChI is InChI=1S/C10H6F3NO2/c11-10(12,13)8-5-7(3-1-2-4-15)9(16)14-6-8/h4-6H,2H2,(H,14,16). The second kappa shape index (κ2) is 4.66. The molecule has 84 valence electrons. The normalized spacial score (nSPS) is 10.4. The predicted molar refractivity (Wildman–Crippen MR) is 49.6 cm³/mol. The highest BCUT2D eigenvalue weighted by atomic mass is 19.4. The first-order chi connectivity index (χ1) is 7.45. The van der Waals surface area contributed by atoms with Gasteiger partial charge in [-0.15, -0.1) is 0 Å². The maximum Gasteiger partial charge on any atom is 0.417 e. The van der Waals surface area contributed by atoms with Gasteiger partial charge in [-0.05, 0) is 6.07 Å². The molecule has 0 aliphatic heterocycles. The predicted octanol–water partition coefficient (Wildman–Crippen LogP) is 1.33. The summed E-state index contributed by atoms with van der Waals surface area (Å²) in [4.78, 5) is 23.0. The van der Waals surface area contributed by atoms with Crippen LogP contribution < -0.4 is 5.56 Å². The Labute approximate surface area is 88.3 Å². The summed E-state index contributed by atoms with van der Waals surface area (Å²) in [6, 6.07) is 0.649. The molecule has 0 atom stereocenters. The lowest BCUT2D eigenvalue weighted by atomic mass is 10.2. The van der Waals surface area contributed by atoms with Crippen LogP contribution in [0.15, 0.2) is 17.1 Å². The van der Waals surface area contributed by atoms with Gasteiger partial charge < -0.3 is 9.78 Å². The minimum absolute atomic E-state index is 0.129. The van der Waals surface area contributed by atoms with Crippen molar-refractivity contribution in [2.75, 3.05) is 0 Å². The first-order valence-electron chi connectivity index (χ1n) is 4.17. The number of H-pyrrole nitrogens is 1. The Balaban J connectivity index is 3.16. The third kappa shape index (κ3) is 2.98. The lowest BCUT2D eigenvalue weighted by molar-refractivity contribution is -0.137. The largest absolute Gasteiger partial charge is 0.417 e. The zero-order valence-corrected chi connectivity index (χ0v) is 7.89. The number of carbonyl (C=O) groups is 1. The van der Waals surface area contributed by atoms with Crippen molar-refractivity contribution in [3.8, 4) is 11.8 Å². The van der Waals surface area contributed by atoms with Crippen LogP contribution in [0.5, 0.6) is 0 Å². The van der Waals surface area contributed by atoms with E-state index in [0.29, 0.717) is 18.5 Å². The quantitative estimate of drug-likeness (QED) is 0.583. The van der Waals surface area contributed by atoms with Gasteiger partial charge in [0.25, 0.3) is 5.56 Å². The van der Waals surface area contributed by atoms with E-state index < -0.39 is 17.3 Å². The molecule has 1 aromatic rings. The maximum atomic E-state index is 12.3. The number of carbonyl (C=O) groups excluding carboxylic acids is 1. The Hall–Kier alpha value is -2.03. The highest BCUT2D eigenvalue weighted by Crippen LogP contribution is 2.28. The maximum absolute atomic E-state index is 12.3. The molecule has 0 saturated heterocycles. The molecule has 3 nitrogen and oxygen atoms in total. The van der Waals surface area contributed by atoms with Crippen LogP contribution in [0.4, 0.5) is 13.2 Å². The molecule has 0 amide bonds. The van der Waals surface area contributed by atoms with Crippen LogP contribution in [0.1, 0.15) is 17.5 Å². The number of aldehydes is 1. The average Bonchev–Trinajstić information content (AvgIpc) is 2.19. The Morgan fingerprint density at radius 3 is 2.69 bits per heavy atom. The summed E-state index contributed by atoms with van der Waals surface area (Å²) in [5.41, 5.74) is -2.01. The summed E-state index contributed by atoms with van der Waals surface area (Å²) in [6.07, 6.45) is -3.59. The van der Waals surface area contributed by atoms with E-state index in [-0.39, 0.29) is 12.0 Å². The number of rotatable bonds is 1. The summed E-state index contributed by atoms with van der Waals surface area (Å²) in [5.74, 6) is 4.47. The Morgan fingerprint density at radius 2 is 2.12 bits per heavy atom. The van der Waals surface area contributed by atoms with Crippen molar-refractivity contribution in [2.45, 2.75) is 12.6 Å². The van der Waals surface area contributed by atoms with Gasteiger partial charge in [-0.1, -0.05) is 11.8 Å². The van der Waals surface area contributed by atoms with Crippen LogP contribution in [0.3, 0.4) is 0 Å². The van der Waals surface area contributed by atoms with E-state index in [9.17, 15) is 22.8 Å². The van der Waals surface area contributed by atoms with Gasteiger partial charge in [0, 0.05) is 6.20 Å². The lowest BCUT2D eigenvalue weighted by Gasteiger charge is -2.05. The molecule has 0 aliphatic rings. The minimum atomic E-state index is -4.54. The Bertz CT molecular complexity index is 505. The summed E-state index contributed by atoms with van der Waals surface area (Å²) in [7, 11) is 0. The molecule has 0 radical (unpaired) electrons. The second-order valence-corrected chi connectivity index (χ2v) is 2.80. The van der Waals surface area contributed by atoms with Crippen LogP contribution in [0.25, 0.3) is 0 Å². The van der Waals surface area contributed by atoms with Crippen LogP contribution in [0.2, 0.25) is 0 Å². The first-order valence-corrected chi connectivity index (χ1v) is 4.17. The molecule has 0 unspecified atom stereocenters. The Kier molecular flexibility index (Phi) is 3.51. The van der Waals surface area contributed by atoms with Crippen LogP contribution in [0, 0.1) is 11.8 Å². The minimum Gasteiger partial charge on any atom is -0.327 e. The molecule has 0 bridgehead atoms. The molecule has 0 saturated carbocycles. The van der Waals surface area contributed by atoms with Gasteiger partial charge in [-0.2, -0.15) is 13.2 Å². The summed E-state index contributed by atoms with van der Waals surface area (Å²) < 4.78 is 36.8. The third-order valence-corrected chi connectivity index (χ3v) is 1.64. The topological polar surface area (TPSA) is 49.9 Å². The molecule has 1 rings (SSSR count). The van der Waals surface area contributed by atoms with Gasteiger partial charge in [0.1, 0.15) is 6.29 Å². The monoisotopic (exact) mass is 229 g/mol. The van der Waals surface area contributed by atoms with Crippen molar-refractivity contribution in [2.24, 2.45) is 0 Å².